The Morgan fingerprint density at radius 3 is 2.36 bits per heavy atom. The zero-order valence-corrected chi connectivity index (χ0v) is 13.6. The van der Waals surface area contributed by atoms with Crippen molar-refractivity contribution in [2.75, 3.05) is 15.8 Å². The maximum absolute atomic E-state index is 12.5. The van der Waals surface area contributed by atoms with Gasteiger partial charge in [0.2, 0.25) is 5.91 Å². The SMILES string of the molecule is C=C1NN(c2ccccc2)C(=O)C1=NNc1ccc(NC(C)=O)cc1. The molecule has 126 valence electrons. The van der Waals surface area contributed by atoms with E-state index >= 15 is 0 Å². The van der Waals surface area contributed by atoms with Gasteiger partial charge in [-0.05, 0) is 36.4 Å². The Labute approximate surface area is 145 Å². The topological polar surface area (TPSA) is 85.8 Å². The predicted molar refractivity (Wildman–Crippen MR) is 98.0 cm³/mol. The van der Waals surface area contributed by atoms with Crippen molar-refractivity contribution in [3.8, 4) is 0 Å². The summed E-state index contributed by atoms with van der Waals surface area (Å²) in [6.07, 6.45) is 0. The van der Waals surface area contributed by atoms with Gasteiger partial charge in [0, 0.05) is 12.6 Å². The molecule has 25 heavy (non-hydrogen) atoms. The highest BCUT2D eigenvalue weighted by molar-refractivity contribution is 6.51. The third-order valence-corrected chi connectivity index (χ3v) is 3.45. The number of carbonyl (C=O) groups excluding carboxylic acids is 2. The van der Waals surface area contributed by atoms with Crippen LogP contribution < -0.4 is 21.2 Å². The summed E-state index contributed by atoms with van der Waals surface area (Å²) in [6.45, 7) is 5.27. The standard InChI is InChI=1S/C18H17N5O2/c1-12-17(18(25)23(22-12)16-6-4-3-5-7-16)21-20-15-10-8-14(9-11-15)19-13(2)24/h3-11,20,22H,1H2,2H3,(H,19,24). The van der Waals surface area contributed by atoms with Crippen LogP contribution in [0, 0.1) is 0 Å². The third kappa shape index (κ3) is 3.66. The molecule has 0 spiro atoms. The van der Waals surface area contributed by atoms with Crippen molar-refractivity contribution in [2.24, 2.45) is 5.10 Å². The molecule has 1 aliphatic rings. The summed E-state index contributed by atoms with van der Waals surface area (Å²) >= 11 is 0. The number of anilines is 3. The molecule has 1 saturated heterocycles. The van der Waals surface area contributed by atoms with E-state index in [4.69, 9.17) is 0 Å². The first-order valence-electron chi connectivity index (χ1n) is 7.61. The second-order valence-electron chi connectivity index (χ2n) is 5.40. The third-order valence-electron chi connectivity index (χ3n) is 3.45. The van der Waals surface area contributed by atoms with E-state index in [-0.39, 0.29) is 17.5 Å². The van der Waals surface area contributed by atoms with Crippen molar-refractivity contribution in [1.82, 2.24) is 5.43 Å². The molecule has 0 unspecified atom stereocenters. The Morgan fingerprint density at radius 2 is 1.72 bits per heavy atom. The number of nitrogens with zero attached hydrogens (tertiary/aromatic N) is 2. The van der Waals surface area contributed by atoms with Gasteiger partial charge in [-0.25, -0.2) is 5.01 Å². The van der Waals surface area contributed by atoms with Crippen molar-refractivity contribution in [1.29, 1.82) is 0 Å². The first-order valence-corrected chi connectivity index (χ1v) is 7.61. The van der Waals surface area contributed by atoms with Gasteiger partial charge in [-0.3, -0.25) is 20.4 Å². The molecule has 2 aromatic rings. The summed E-state index contributed by atoms with van der Waals surface area (Å²) in [7, 11) is 0. The Bertz CT molecular complexity index is 844. The number of para-hydroxylation sites is 1. The normalized spacial score (nSPS) is 15.2. The van der Waals surface area contributed by atoms with Gasteiger partial charge in [-0.1, -0.05) is 24.8 Å². The molecule has 0 aliphatic carbocycles. The molecule has 0 saturated carbocycles. The van der Waals surface area contributed by atoms with Crippen LogP contribution in [-0.2, 0) is 9.59 Å². The van der Waals surface area contributed by atoms with Crippen LogP contribution in [0.2, 0.25) is 0 Å². The minimum atomic E-state index is -0.293. The fraction of sp³-hybridized carbons (Fsp3) is 0.0556. The fourth-order valence-electron chi connectivity index (χ4n) is 2.30. The van der Waals surface area contributed by atoms with Crippen LogP contribution in [0.4, 0.5) is 17.1 Å². The second-order valence-corrected chi connectivity index (χ2v) is 5.40. The average Bonchev–Trinajstić information content (AvgIpc) is 2.89. The first-order chi connectivity index (χ1) is 12.0. The average molecular weight is 335 g/mol. The van der Waals surface area contributed by atoms with Crippen LogP contribution in [0.1, 0.15) is 6.92 Å². The number of carbonyl (C=O) groups is 2. The van der Waals surface area contributed by atoms with Crippen LogP contribution in [0.3, 0.4) is 0 Å². The maximum atomic E-state index is 12.5. The molecule has 0 atom stereocenters. The number of amides is 2. The van der Waals surface area contributed by atoms with Crippen LogP contribution >= 0.6 is 0 Å². The highest BCUT2D eigenvalue weighted by Gasteiger charge is 2.32. The van der Waals surface area contributed by atoms with E-state index in [2.05, 4.69) is 27.8 Å². The van der Waals surface area contributed by atoms with E-state index in [0.29, 0.717) is 22.8 Å². The lowest BCUT2D eigenvalue weighted by atomic mass is 10.3. The van der Waals surface area contributed by atoms with Gasteiger partial charge in [-0.2, -0.15) is 5.10 Å². The van der Waals surface area contributed by atoms with Crippen molar-refractivity contribution in [3.05, 3.63) is 66.9 Å². The Kier molecular flexibility index (Phi) is 4.47. The van der Waals surface area contributed by atoms with E-state index in [1.54, 1.807) is 24.3 Å². The van der Waals surface area contributed by atoms with Crippen LogP contribution in [0.5, 0.6) is 0 Å². The maximum Gasteiger partial charge on any atom is 0.299 e. The molecule has 7 heteroatoms. The van der Waals surface area contributed by atoms with Gasteiger partial charge in [0.15, 0.2) is 5.71 Å². The van der Waals surface area contributed by atoms with Gasteiger partial charge < -0.3 is 5.32 Å². The van der Waals surface area contributed by atoms with Crippen LogP contribution in [-0.4, -0.2) is 17.5 Å². The zero-order chi connectivity index (χ0) is 17.8. The molecule has 0 radical (unpaired) electrons. The van der Waals surface area contributed by atoms with E-state index in [1.807, 2.05) is 30.3 Å². The molecule has 2 aromatic carbocycles. The first kappa shape index (κ1) is 16.3. The molecule has 1 aliphatic heterocycles. The Morgan fingerprint density at radius 1 is 1.08 bits per heavy atom. The van der Waals surface area contributed by atoms with Gasteiger partial charge >= 0.3 is 0 Å². The van der Waals surface area contributed by atoms with Gasteiger partial charge in [0.25, 0.3) is 5.91 Å². The minimum Gasteiger partial charge on any atom is -0.326 e. The Hall–Kier alpha value is -3.61. The van der Waals surface area contributed by atoms with E-state index < -0.39 is 0 Å². The van der Waals surface area contributed by atoms with Gasteiger partial charge in [0.1, 0.15) is 0 Å². The molecule has 3 rings (SSSR count). The quantitative estimate of drug-likeness (QED) is 0.749. The molecule has 0 aromatic heterocycles. The number of nitrogens with one attached hydrogen (secondary N) is 3. The predicted octanol–water partition coefficient (Wildman–Crippen LogP) is 2.48. The van der Waals surface area contributed by atoms with Crippen molar-refractivity contribution in [2.45, 2.75) is 6.92 Å². The number of rotatable bonds is 4. The molecular formula is C18H17N5O2. The second kappa shape index (κ2) is 6.88. The lowest BCUT2D eigenvalue weighted by Gasteiger charge is -2.14. The fourth-order valence-corrected chi connectivity index (χ4v) is 2.30. The largest absolute Gasteiger partial charge is 0.326 e. The number of hydrogen-bond donors (Lipinski definition) is 3. The summed E-state index contributed by atoms with van der Waals surface area (Å²) in [4.78, 5) is 23.5. The van der Waals surface area contributed by atoms with Gasteiger partial charge in [-0.15, -0.1) is 0 Å². The Balaban J connectivity index is 1.72. The van der Waals surface area contributed by atoms with E-state index in [9.17, 15) is 9.59 Å². The lowest BCUT2D eigenvalue weighted by molar-refractivity contribution is -0.114. The zero-order valence-electron chi connectivity index (χ0n) is 13.6. The molecule has 7 nitrogen and oxygen atoms in total. The summed E-state index contributed by atoms with van der Waals surface area (Å²) in [5.74, 6) is -0.431. The number of hydrazone groups is 1. The van der Waals surface area contributed by atoms with Crippen LogP contribution in [0.15, 0.2) is 72.0 Å². The number of benzene rings is 2. The molecule has 3 N–H and O–H groups in total. The molecule has 1 heterocycles. The van der Waals surface area contributed by atoms with E-state index in [0.717, 1.165) is 0 Å². The number of hydrazine groups is 1. The number of hydrogen-bond acceptors (Lipinski definition) is 5. The molecule has 0 bridgehead atoms. The highest BCUT2D eigenvalue weighted by atomic mass is 16.2. The molecular weight excluding hydrogens is 318 g/mol. The van der Waals surface area contributed by atoms with E-state index in [1.165, 1.54) is 11.9 Å². The summed E-state index contributed by atoms with van der Waals surface area (Å²) in [6, 6.07) is 16.2. The van der Waals surface area contributed by atoms with Crippen molar-refractivity contribution in [3.63, 3.8) is 0 Å². The lowest BCUT2D eigenvalue weighted by Crippen LogP contribution is -2.34. The van der Waals surface area contributed by atoms with Gasteiger partial charge in [0.05, 0.1) is 17.1 Å². The highest BCUT2D eigenvalue weighted by Crippen LogP contribution is 2.19. The van der Waals surface area contributed by atoms with Crippen molar-refractivity contribution >= 4 is 34.6 Å². The van der Waals surface area contributed by atoms with Crippen LogP contribution in [0.25, 0.3) is 0 Å². The summed E-state index contributed by atoms with van der Waals surface area (Å²) < 4.78 is 0. The van der Waals surface area contributed by atoms with Crippen molar-refractivity contribution < 1.29 is 9.59 Å². The monoisotopic (exact) mass is 335 g/mol. The molecule has 1 fully saturated rings. The summed E-state index contributed by atoms with van der Waals surface area (Å²) in [5.41, 5.74) is 8.42. The minimum absolute atomic E-state index is 0.138. The summed E-state index contributed by atoms with van der Waals surface area (Å²) in [5, 5.41) is 8.22. The molecule has 2 amide bonds. The smallest absolute Gasteiger partial charge is 0.299 e.